The molecule has 5 heteroatoms. The first-order valence-electron chi connectivity index (χ1n) is 5.63. The lowest BCUT2D eigenvalue weighted by Gasteiger charge is -2.09. The van der Waals surface area contributed by atoms with Crippen molar-refractivity contribution in [3.63, 3.8) is 0 Å². The Morgan fingerprint density at radius 2 is 1.75 bits per heavy atom. The highest BCUT2D eigenvalue weighted by molar-refractivity contribution is 9.10. The Balaban J connectivity index is 2.23. The summed E-state index contributed by atoms with van der Waals surface area (Å²) in [5.74, 6) is 0.171. The number of benzene rings is 2. The van der Waals surface area contributed by atoms with E-state index >= 15 is 0 Å². The number of halogens is 2. The van der Waals surface area contributed by atoms with E-state index in [1.165, 1.54) is 0 Å². The Hall–Kier alpha value is -1.78. The maximum atomic E-state index is 10.9. The molecule has 0 amide bonds. The predicted octanol–water partition coefficient (Wildman–Crippen LogP) is 4.99. The molecule has 0 spiro atoms. The Morgan fingerprint density at radius 3 is 2.30 bits per heavy atom. The average molecular weight is 354 g/mol. The van der Waals surface area contributed by atoms with E-state index < -0.39 is 5.97 Å². The summed E-state index contributed by atoms with van der Waals surface area (Å²) in [6, 6.07) is 12.0. The Morgan fingerprint density at radius 1 is 1.15 bits per heavy atom. The lowest BCUT2D eigenvalue weighted by Crippen LogP contribution is -1.98. The number of rotatable bonds is 4. The molecular weight excluding hydrogens is 344 g/mol. The molecule has 0 bridgehead atoms. The molecule has 0 aliphatic carbocycles. The predicted molar refractivity (Wildman–Crippen MR) is 82.3 cm³/mol. The fourth-order valence-electron chi connectivity index (χ4n) is 1.56. The van der Waals surface area contributed by atoms with Crippen molar-refractivity contribution < 1.29 is 14.6 Å². The third-order valence-corrected chi connectivity index (χ3v) is 3.48. The van der Waals surface area contributed by atoms with Gasteiger partial charge in [-0.3, -0.25) is 0 Å². The summed E-state index contributed by atoms with van der Waals surface area (Å²) < 4.78 is 6.25. The maximum absolute atomic E-state index is 10.9. The topological polar surface area (TPSA) is 46.5 Å². The van der Waals surface area contributed by atoms with Crippen LogP contribution in [0.4, 0.5) is 0 Å². The second-order valence-corrected chi connectivity index (χ2v) is 5.27. The smallest absolute Gasteiger partial charge is 0.335 e. The van der Waals surface area contributed by atoms with E-state index in [1.54, 1.807) is 42.5 Å². The zero-order valence-electron chi connectivity index (χ0n) is 10.3. The van der Waals surface area contributed by atoms with Crippen molar-refractivity contribution in [2.24, 2.45) is 0 Å². The number of hydrogen-bond acceptors (Lipinski definition) is 2. The van der Waals surface area contributed by atoms with Crippen LogP contribution < -0.4 is 4.74 Å². The molecule has 2 aromatic rings. The van der Waals surface area contributed by atoms with E-state index in [-0.39, 0.29) is 5.57 Å². The van der Waals surface area contributed by atoms with Gasteiger partial charge in [0.2, 0.25) is 0 Å². The lowest BCUT2D eigenvalue weighted by atomic mass is 10.1. The van der Waals surface area contributed by atoms with Crippen molar-refractivity contribution in [3.8, 4) is 11.5 Å². The summed E-state index contributed by atoms with van der Waals surface area (Å²) in [5, 5.41) is 9.56. The number of carboxylic acids is 1. The molecule has 2 aromatic carbocycles. The molecule has 0 saturated heterocycles. The summed E-state index contributed by atoms with van der Waals surface area (Å²) in [6.07, 6.45) is 0. The number of ether oxygens (including phenoxy) is 1. The molecule has 0 unspecified atom stereocenters. The molecule has 0 aliphatic heterocycles. The second-order valence-electron chi connectivity index (χ2n) is 3.98. The largest absolute Gasteiger partial charge is 0.478 e. The summed E-state index contributed by atoms with van der Waals surface area (Å²) >= 11 is 9.11. The van der Waals surface area contributed by atoms with Crippen molar-refractivity contribution in [2.45, 2.75) is 0 Å². The highest BCUT2D eigenvalue weighted by Gasteiger charge is 2.11. The van der Waals surface area contributed by atoms with E-state index in [1.807, 2.05) is 0 Å². The van der Waals surface area contributed by atoms with Gasteiger partial charge in [-0.15, -0.1) is 0 Å². The minimum atomic E-state index is -1.06. The highest BCUT2D eigenvalue weighted by Crippen LogP contribution is 2.30. The van der Waals surface area contributed by atoms with Gasteiger partial charge in [-0.2, -0.15) is 0 Å². The van der Waals surface area contributed by atoms with E-state index in [0.717, 1.165) is 0 Å². The standard InChI is InChI=1S/C15H10BrClO3/c1-9(15(18)19)13-7-6-12(8-14(13)16)20-11-4-2-10(17)3-5-11/h2-8H,1H2,(H,18,19). The minimum Gasteiger partial charge on any atom is -0.478 e. The molecule has 0 fully saturated rings. The molecule has 102 valence electrons. The lowest BCUT2D eigenvalue weighted by molar-refractivity contribution is -0.130. The van der Waals surface area contributed by atoms with Crippen molar-refractivity contribution in [3.05, 3.63) is 64.1 Å². The van der Waals surface area contributed by atoms with E-state index in [4.69, 9.17) is 21.4 Å². The molecule has 0 radical (unpaired) electrons. The third kappa shape index (κ3) is 3.40. The molecule has 3 nitrogen and oxygen atoms in total. The molecule has 20 heavy (non-hydrogen) atoms. The van der Waals surface area contributed by atoms with E-state index in [9.17, 15) is 4.79 Å². The van der Waals surface area contributed by atoms with Crippen molar-refractivity contribution in [1.82, 2.24) is 0 Å². The molecule has 0 saturated carbocycles. The number of carboxylic acid groups (broad SMARTS) is 1. The van der Waals surface area contributed by atoms with Gasteiger partial charge in [0, 0.05) is 15.1 Å². The molecule has 0 aromatic heterocycles. The van der Waals surface area contributed by atoms with Crippen LogP contribution >= 0.6 is 27.5 Å². The van der Waals surface area contributed by atoms with Gasteiger partial charge < -0.3 is 9.84 Å². The maximum Gasteiger partial charge on any atom is 0.335 e. The van der Waals surface area contributed by atoms with Gasteiger partial charge in [-0.1, -0.05) is 34.1 Å². The van der Waals surface area contributed by atoms with E-state index in [0.29, 0.717) is 26.6 Å². The number of hydrogen-bond donors (Lipinski definition) is 1. The highest BCUT2D eigenvalue weighted by atomic mass is 79.9. The van der Waals surface area contributed by atoms with Crippen molar-refractivity contribution in [1.29, 1.82) is 0 Å². The zero-order chi connectivity index (χ0) is 14.7. The van der Waals surface area contributed by atoms with Gasteiger partial charge in [-0.05, 0) is 42.5 Å². The second kappa shape index (κ2) is 6.11. The van der Waals surface area contributed by atoms with Gasteiger partial charge >= 0.3 is 5.97 Å². The quantitative estimate of drug-likeness (QED) is 0.787. The molecular formula is C15H10BrClO3. The zero-order valence-corrected chi connectivity index (χ0v) is 12.6. The van der Waals surface area contributed by atoms with Crippen LogP contribution in [-0.4, -0.2) is 11.1 Å². The van der Waals surface area contributed by atoms with Crippen LogP contribution in [0.3, 0.4) is 0 Å². The summed E-state index contributed by atoms with van der Waals surface area (Å²) in [6.45, 7) is 3.52. The normalized spacial score (nSPS) is 10.1. The van der Waals surface area contributed by atoms with E-state index in [2.05, 4.69) is 22.5 Å². The average Bonchev–Trinajstić information content (AvgIpc) is 2.41. The Bertz CT molecular complexity index is 665. The molecule has 1 N–H and O–H groups in total. The first-order chi connectivity index (χ1) is 9.47. The van der Waals surface area contributed by atoms with Crippen LogP contribution in [-0.2, 0) is 4.79 Å². The molecule has 0 heterocycles. The van der Waals surface area contributed by atoms with Crippen LogP contribution in [0.15, 0.2) is 53.5 Å². The monoisotopic (exact) mass is 352 g/mol. The SMILES string of the molecule is C=C(C(=O)O)c1ccc(Oc2ccc(Cl)cc2)cc1Br. The summed E-state index contributed by atoms with van der Waals surface area (Å²) in [4.78, 5) is 10.9. The van der Waals surface area contributed by atoms with Crippen molar-refractivity contribution >= 4 is 39.1 Å². The van der Waals surface area contributed by atoms with Crippen LogP contribution in [0, 0.1) is 0 Å². The van der Waals surface area contributed by atoms with Crippen molar-refractivity contribution in [2.75, 3.05) is 0 Å². The summed E-state index contributed by atoms with van der Waals surface area (Å²) in [5.41, 5.74) is 0.538. The number of aliphatic carboxylic acids is 1. The van der Waals surface area contributed by atoms with Gasteiger partial charge in [-0.25, -0.2) is 4.79 Å². The first-order valence-corrected chi connectivity index (χ1v) is 6.80. The van der Waals surface area contributed by atoms with Crippen LogP contribution in [0.2, 0.25) is 5.02 Å². The first kappa shape index (κ1) is 14.6. The van der Waals surface area contributed by atoms with Crippen LogP contribution in [0.1, 0.15) is 5.56 Å². The minimum absolute atomic E-state index is 0.0231. The van der Waals surface area contributed by atoms with Crippen LogP contribution in [0.5, 0.6) is 11.5 Å². The third-order valence-electron chi connectivity index (χ3n) is 2.57. The van der Waals surface area contributed by atoms with Gasteiger partial charge in [0.05, 0.1) is 5.57 Å². The van der Waals surface area contributed by atoms with Gasteiger partial charge in [0.25, 0.3) is 0 Å². The number of carbonyl (C=O) groups is 1. The van der Waals surface area contributed by atoms with Gasteiger partial charge in [0.1, 0.15) is 11.5 Å². The fourth-order valence-corrected chi connectivity index (χ4v) is 2.28. The van der Waals surface area contributed by atoms with Crippen LogP contribution in [0.25, 0.3) is 5.57 Å². The fraction of sp³-hybridized carbons (Fsp3) is 0. The molecule has 0 atom stereocenters. The molecule has 0 aliphatic rings. The Labute approximate surface area is 129 Å². The Kier molecular flexibility index (Phi) is 4.47. The van der Waals surface area contributed by atoms with Gasteiger partial charge in [0.15, 0.2) is 0 Å². The summed E-state index contributed by atoms with van der Waals surface area (Å²) in [7, 11) is 0. The molecule has 2 rings (SSSR count).